The van der Waals surface area contributed by atoms with E-state index in [0.29, 0.717) is 12.0 Å². The highest BCUT2D eigenvalue weighted by atomic mass is 16.1. The lowest BCUT2D eigenvalue weighted by atomic mass is 9.70. The van der Waals surface area contributed by atoms with Crippen molar-refractivity contribution in [1.29, 1.82) is 0 Å². The van der Waals surface area contributed by atoms with Gasteiger partial charge in [0.05, 0.1) is 5.41 Å². The average Bonchev–Trinajstić information content (AvgIpc) is 2.82. The number of carbonyl (C=O) groups is 2. The molecule has 2 amide bonds. The molecular formula is C27H31N3O2. The summed E-state index contributed by atoms with van der Waals surface area (Å²) in [6.07, 6.45) is 2.33. The zero-order chi connectivity index (χ0) is 23.0. The van der Waals surface area contributed by atoms with E-state index < -0.39 is 11.3 Å². The van der Waals surface area contributed by atoms with Gasteiger partial charge in [-0.15, -0.1) is 0 Å². The monoisotopic (exact) mass is 429 g/mol. The molecule has 0 bridgehead atoms. The Morgan fingerprint density at radius 1 is 0.781 bits per heavy atom. The zero-order valence-electron chi connectivity index (χ0n) is 18.5. The van der Waals surface area contributed by atoms with Crippen LogP contribution < -0.4 is 11.5 Å². The van der Waals surface area contributed by atoms with E-state index in [1.54, 1.807) is 12.1 Å². The molecule has 0 aliphatic rings. The number of hydrogen-bond donors (Lipinski definition) is 2. The van der Waals surface area contributed by atoms with Crippen molar-refractivity contribution in [1.82, 2.24) is 4.90 Å². The standard InChI is InChI=1S/C27H31N3O2/c1-30(20-17-21-13-15-22(16-14-21)25(28)31)19-8-18-27(26(29)32,23-9-4-2-5-10-23)24-11-6-3-7-12-24/h2-7,9-16H,8,17-20H2,1H3,(H2,28,31)(H2,29,32). The van der Waals surface area contributed by atoms with Crippen LogP contribution in [0.25, 0.3) is 0 Å². The van der Waals surface area contributed by atoms with Crippen molar-refractivity contribution in [2.75, 3.05) is 20.1 Å². The summed E-state index contributed by atoms with van der Waals surface area (Å²) in [5.74, 6) is -0.740. The Morgan fingerprint density at radius 2 is 1.31 bits per heavy atom. The van der Waals surface area contributed by atoms with E-state index >= 15 is 0 Å². The van der Waals surface area contributed by atoms with E-state index in [-0.39, 0.29) is 5.91 Å². The minimum atomic E-state index is -0.853. The fourth-order valence-corrected chi connectivity index (χ4v) is 4.19. The predicted octanol–water partition coefficient (Wildman–Crippen LogP) is 3.51. The molecule has 0 atom stereocenters. The van der Waals surface area contributed by atoms with Crippen molar-refractivity contribution < 1.29 is 9.59 Å². The fourth-order valence-electron chi connectivity index (χ4n) is 4.19. The molecule has 0 aliphatic heterocycles. The first-order valence-corrected chi connectivity index (χ1v) is 10.9. The molecule has 0 radical (unpaired) electrons. The van der Waals surface area contributed by atoms with Gasteiger partial charge in [-0.25, -0.2) is 0 Å². The van der Waals surface area contributed by atoms with Crippen molar-refractivity contribution >= 4 is 11.8 Å². The first-order chi connectivity index (χ1) is 15.4. The summed E-state index contributed by atoms with van der Waals surface area (Å²) < 4.78 is 0. The molecular weight excluding hydrogens is 398 g/mol. The molecule has 3 aromatic rings. The van der Waals surface area contributed by atoms with Crippen molar-refractivity contribution in [3.8, 4) is 0 Å². The van der Waals surface area contributed by atoms with Gasteiger partial charge >= 0.3 is 0 Å². The minimum Gasteiger partial charge on any atom is -0.369 e. The van der Waals surface area contributed by atoms with E-state index in [0.717, 1.165) is 42.6 Å². The van der Waals surface area contributed by atoms with Gasteiger partial charge in [-0.1, -0.05) is 72.8 Å². The summed E-state index contributed by atoms with van der Waals surface area (Å²) in [5, 5.41) is 0. The van der Waals surface area contributed by atoms with Gasteiger partial charge in [0.25, 0.3) is 0 Å². The number of likely N-dealkylation sites (N-methyl/N-ethyl adjacent to an activating group) is 1. The second-order valence-electron chi connectivity index (χ2n) is 8.22. The smallest absolute Gasteiger partial charge is 0.248 e. The fraction of sp³-hybridized carbons (Fsp3) is 0.259. The lowest BCUT2D eigenvalue weighted by molar-refractivity contribution is -0.122. The summed E-state index contributed by atoms with van der Waals surface area (Å²) in [6, 6.07) is 27.0. The summed E-state index contributed by atoms with van der Waals surface area (Å²) >= 11 is 0. The molecule has 3 aromatic carbocycles. The Balaban J connectivity index is 1.66. The quantitative estimate of drug-likeness (QED) is 0.489. The van der Waals surface area contributed by atoms with Crippen molar-refractivity contribution in [2.45, 2.75) is 24.7 Å². The molecule has 5 heteroatoms. The first kappa shape index (κ1) is 23.2. The van der Waals surface area contributed by atoms with Crippen LogP contribution in [0, 0.1) is 0 Å². The summed E-state index contributed by atoms with van der Waals surface area (Å²) in [6.45, 7) is 1.71. The van der Waals surface area contributed by atoms with Gasteiger partial charge in [0.1, 0.15) is 0 Å². The molecule has 0 unspecified atom stereocenters. The van der Waals surface area contributed by atoms with Gasteiger partial charge in [-0.3, -0.25) is 9.59 Å². The Hall–Kier alpha value is -3.44. The molecule has 0 aromatic heterocycles. The molecule has 32 heavy (non-hydrogen) atoms. The van der Waals surface area contributed by atoms with Gasteiger partial charge in [0, 0.05) is 12.1 Å². The van der Waals surface area contributed by atoms with Crippen molar-refractivity contribution in [2.24, 2.45) is 11.5 Å². The number of hydrogen-bond acceptors (Lipinski definition) is 3. The highest BCUT2D eigenvalue weighted by Gasteiger charge is 2.39. The minimum absolute atomic E-state index is 0.327. The Bertz CT molecular complexity index is 978. The number of nitrogens with zero attached hydrogens (tertiary/aromatic N) is 1. The third kappa shape index (κ3) is 5.42. The third-order valence-electron chi connectivity index (χ3n) is 6.07. The normalized spacial score (nSPS) is 11.4. The van der Waals surface area contributed by atoms with Crippen LogP contribution in [-0.4, -0.2) is 36.9 Å². The highest BCUT2D eigenvalue weighted by Crippen LogP contribution is 2.36. The number of carbonyl (C=O) groups excluding carboxylic acids is 2. The maximum absolute atomic E-state index is 12.9. The Morgan fingerprint density at radius 3 is 1.78 bits per heavy atom. The maximum atomic E-state index is 12.9. The number of primary amides is 2. The van der Waals surface area contributed by atoms with E-state index in [2.05, 4.69) is 11.9 Å². The molecule has 0 spiro atoms. The summed E-state index contributed by atoms with van der Waals surface area (Å²) in [5.41, 5.74) is 14.0. The highest BCUT2D eigenvalue weighted by molar-refractivity contribution is 5.92. The molecule has 4 N–H and O–H groups in total. The molecule has 0 heterocycles. The van der Waals surface area contributed by atoms with E-state index in [1.807, 2.05) is 72.8 Å². The number of rotatable bonds is 11. The first-order valence-electron chi connectivity index (χ1n) is 10.9. The number of nitrogens with two attached hydrogens (primary N) is 2. The molecule has 0 saturated carbocycles. The van der Waals surface area contributed by atoms with Crippen LogP contribution in [0.4, 0.5) is 0 Å². The lowest BCUT2D eigenvalue weighted by Crippen LogP contribution is -2.43. The molecule has 5 nitrogen and oxygen atoms in total. The van der Waals surface area contributed by atoms with Gasteiger partial charge in [-0.05, 0) is 61.7 Å². The van der Waals surface area contributed by atoms with Gasteiger partial charge in [-0.2, -0.15) is 0 Å². The van der Waals surface area contributed by atoms with Crippen LogP contribution in [0.3, 0.4) is 0 Å². The number of amides is 2. The van der Waals surface area contributed by atoms with Crippen LogP contribution in [0.5, 0.6) is 0 Å². The SMILES string of the molecule is CN(CCCC(C(N)=O)(c1ccccc1)c1ccccc1)CCc1ccc(C(N)=O)cc1. The zero-order valence-corrected chi connectivity index (χ0v) is 18.5. The van der Waals surface area contributed by atoms with Crippen molar-refractivity contribution in [3.63, 3.8) is 0 Å². The summed E-state index contributed by atoms with van der Waals surface area (Å²) in [7, 11) is 2.08. The molecule has 0 fully saturated rings. The van der Waals surface area contributed by atoms with Gasteiger partial charge in [0.2, 0.25) is 11.8 Å². The van der Waals surface area contributed by atoms with Gasteiger partial charge < -0.3 is 16.4 Å². The van der Waals surface area contributed by atoms with Gasteiger partial charge in [0.15, 0.2) is 0 Å². The van der Waals surface area contributed by atoms with Crippen molar-refractivity contribution in [3.05, 3.63) is 107 Å². The van der Waals surface area contributed by atoms with E-state index in [4.69, 9.17) is 11.5 Å². The maximum Gasteiger partial charge on any atom is 0.248 e. The second kappa shape index (κ2) is 10.7. The topological polar surface area (TPSA) is 89.4 Å². The summed E-state index contributed by atoms with van der Waals surface area (Å²) in [4.78, 5) is 26.3. The Kier molecular flexibility index (Phi) is 7.79. The average molecular weight is 430 g/mol. The molecule has 0 aliphatic carbocycles. The lowest BCUT2D eigenvalue weighted by Gasteiger charge is -2.32. The Labute approximate surface area is 190 Å². The predicted molar refractivity (Wildman–Crippen MR) is 128 cm³/mol. The molecule has 3 rings (SSSR count). The second-order valence-corrected chi connectivity index (χ2v) is 8.22. The van der Waals surface area contributed by atoms with E-state index in [1.165, 1.54) is 0 Å². The van der Waals surface area contributed by atoms with Crippen LogP contribution >= 0.6 is 0 Å². The third-order valence-corrected chi connectivity index (χ3v) is 6.07. The van der Waals surface area contributed by atoms with Crippen LogP contribution in [0.15, 0.2) is 84.9 Å². The number of benzene rings is 3. The van der Waals surface area contributed by atoms with E-state index in [9.17, 15) is 9.59 Å². The largest absolute Gasteiger partial charge is 0.369 e. The van der Waals surface area contributed by atoms with Crippen LogP contribution in [0.1, 0.15) is 39.9 Å². The molecule has 0 saturated heterocycles. The molecule has 166 valence electrons. The van der Waals surface area contributed by atoms with Crippen LogP contribution in [0.2, 0.25) is 0 Å². The van der Waals surface area contributed by atoms with Crippen LogP contribution in [-0.2, 0) is 16.6 Å².